The van der Waals surface area contributed by atoms with Crippen molar-refractivity contribution in [2.75, 3.05) is 19.8 Å². The van der Waals surface area contributed by atoms with Crippen molar-refractivity contribution in [2.45, 2.75) is 32.2 Å². The van der Waals surface area contributed by atoms with Crippen molar-refractivity contribution in [2.24, 2.45) is 0 Å². The van der Waals surface area contributed by atoms with Crippen LogP contribution in [0.3, 0.4) is 0 Å². The van der Waals surface area contributed by atoms with E-state index in [1.165, 1.54) is 11.1 Å². The zero-order valence-corrected chi connectivity index (χ0v) is 13.6. The van der Waals surface area contributed by atoms with E-state index in [1.54, 1.807) is 0 Å². The molecule has 0 saturated carbocycles. The molecule has 0 aliphatic carbocycles. The Labute approximate surface area is 119 Å². The van der Waals surface area contributed by atoms with Crippen LogP contribution in [0.25, 0.3) is 6.08 Å². The molecule has 0 aromatic heterocycles. The van der Waals surface area contributed by atoms with Crippen LogP contribution in [0.5, 0.6) is 0 Å². The standard InChI is InChI=1S/C16H26O2Si/c1-4-14-8-7-9-15(12-14)10-11-18-19-16(5-2)13-17-6-3/h4,7-9,12,16H,1,5-6,10-11,13,19H2,2-3H3. The minimum atomic E-state index is -0.471. The van der Waals surface area contributed by atoms with Crippen LogP contribution in [-0.4, -0.2) is 29.6 Å². The molecule has 0 fully saturated rings. The predicted octanol–water partition coefficient (Wildman–Crippen LogP) is 3.21. The molecule has 1 atom stereocenters. The van der Waals surface area contributed by atoms with E-state index in [0.717, 1.165) is 32.7 Å². The second-order valence-corrected chi connectivity index (χ2v) is 6.60. The average Bonchev–Trinajstić information content (AvgIpc) is 2.47. The van der Waals surface area contributed by atoms with Crippen LogP contribution in [-0.2, 0) is 15.6 Å². The van der Waals surface area contributed by atoms with E-state index >= 15 is 0 Å². The van der Waals surface area contributed by atoms with E-state index < -0.39 is 9.76 Å². The topological polar surface area (TPSA) is 18.5 Å². The van der Waals surface area contributed by atoms with Gasteiger partial charge in [-0.3, -0.25) is 0 Å². The number of ether oxygens (including phenoxy) is 1. The third kappa shape index (κ3) is 6.71. The molecule has 0 aliphatic rings. The van der Waals surface area contributed by atoms with Crippen LogP contribution in [0.4, 0.5) is 0 Å². The van der Waals surface area contributed by atoms with Crippen LogP contribution >= 0.6 is 0 Å². The summed E-state index contributed by atoms with van der Waals surface area (Å²) in [6.45, 7) is 10.6. The van der Waals surface area contributed by atoms with Gasteiger partial charge in [0.25, 0.3) is 0 Å². The summed E-state index contributed by atoms with van der Waals surface area (Å²) < 4.78 is 11.4. The lowest BCUT2D eigenvalue weighted by molar-refractivity contribution is 0.140. The minimum Gasteiger partial charge on any atom is -0.423 e. The van der Waals surface area contributed by atoms with Gasteiger partial charge >= 0.3 is 0 Å². The summed E-state index contributed by atoms with van der Waals surface area (Å²) in [7, 11) is -0.471. The molecule has 1 aromatic rings. The molecule has 1 unspecified atom stereocenters. The molecule has 1 aromatic carbocycles. The molecule has 0 bridgehead atoms. The van der Waals surface area contributed by atoms with Gasteiger partial charge in [-0.2, -0.15) is 0 Å². The van der Waals surface area contributed by atoms with Gasteiger partial charge in [0.2, 0.25) is 0 Å². The van der Waals surface area contributed by atoms with Crippen LogP contribution in [0.15, 0.2) is 30.8 Å². The van der Waals surface area contributed by atoms with Gasteiger partial charge < -0.3 is 9.16 Å². The number of rotatable bonds is 10. The van der Waals surface area contributed by atoms with E-state index in [2.05, 4.69) is 37.8 Å². The highest BCUT2D eigenvalue weighted by atomic mass is 28.2. The zero-order valence-electron chi connectivity index (χ0n) is 12.2. The second-order valence-electron chi connectivity index (χ2n) is 4.71. The molecule has 1 rings (SSSR count). The third-order valence-electron chi connectivity index (χ3n) is 3.21. The summed E-state index contributed by atoms with van der Waals surface area (Å²) in [5.74, 6) is 0. The van der Waals surface area contributed by atoms with Gasteiger partial charge in [0.05, 0.1) is 0 Å². The summed E-state index contributed by atoms with van der Waals surface area (Å²) in [6, 6.07) is 8.47. The number of hydrogen-bond acceptors (Lipinski definition) is 2. The SMILES string of the molecule is C=Cc1cccc(CCO[SiH2]C(CC)COCC)c1. The Hall–Kier alpha value is -0.903. The molecule has 2 nitrogen and oxygen atoms in total. The van der Waals surface area contributed by atoms with Crippen LogP contribution in [0.1, 0.15) is 31.4 Å². The number of hydrogen-bond donors (Lipinski definition) is 0. The van der Waals surface area contributed by atoms with Crippen molar-refractivity contribution in [3.63, 3.8) is 0 Å². The maximum atomic E-state index is 5.89. The molecule has 0 heterocycles. The summed E-state index contributed by atoms with van der Waals surface area (Å²) in [5.41, 5.74) is 3.15. The molecule has 0 aliphatic heterocycles. The maximum absolute atomic E-state index is 5.89. The normalized spacial score (nSPS) is 12.9. The monoisotopic (exact) mass is 278 g/mol. The van der Waals surface area contributed by atoms with E-state index in [4.69, 9.17) is 9.16 Å². The molecule has 0 N–H and O–H groups in total. The third-order valence-corrected chi connectivity index (χ3v) is 5.02. The largest absolute Gasteiger partial charge is 0.423 e. The first-order valence-electron chi connectivity index (χ1n) is 7.17. The molecular formula is C16H26O2Si. The fourth-order valence-electron chi connectivity index (χ4n) is 1.88. The predicted molar refractivity (Wildman–Crippen MR) is 85.3 cm³/mol. The first-order chi connectivity index (χ1) is 9.30. The molecule has 106 valence electrons. The molecule has 0 amide bonds. The molecule has 0 radical (unpaired) electrons. The van der Waals surface area contributed by atoms with Gasteiger partial charge in [0.1, 0.15) is 0 Å². The fraction of sp³-hybridized carbons (Fsp3) is 0.500. The summed E-state index contributed by atoms with van der Waals surface area (Å²) >= 11 is 0. The molecule has 3 heteroatoms. The Morgan fingerprint density at radius 2 is 2.21 bits per heavy atom. The van der Waals surface area contributed by atoms with Gasteiger partial charge in [-0.1, -0.05) is 50.3 Å². The van der Waals surface area contributed by atoms with Gasteiger partial charge in [-0.15, -0.1) is 0 Å². The molecular weight excluding hydrogens is 252 g/mol. The van der Waals surface area contributed by atoms with Crippen molar-refractivity contribution in [3.8, 4) is 0 Å². The molecule has 0 spiro atoms. The van der Waals surface area contributed by atoms with Crippen molar-refractivity contribution >= 4 is 15.8 Å². The Bertz CT molecular complexity index is 366. The highest BCUT2D eigenvalue weighted by Crippen LogP contribution is 2.10. The van der Waals surface area contributed by atoms with Gasteiger partial charge in [-0.25, -0.2) is 0 Å². The first kappa shape index (κ1) is 16.2. The summed E-state index contributed by atoms with van der Waals surface area (Å²) in [4.78, 5) is 0. The van der Waals surface area contributed by atoms with Crippen molar-refractivity contribution in [3.05, 3.63) is 42.0 Å². The van der Waals surface area contributed by atoms with E-state index in [0.29, 0.717) is 5.54 Å². The van der Waals surface area contributed by atoms with E-state index in [-0.39, 0.29) is 0 Å². The van der Waals surface area contributed by atoms with Crippen molar-refractivity contribution in [1.29, 1.82) is 0 Å². The second kappa shape index (κ2) is 9.95. The lowest BCUT2D eigenvalue weighted by Gasteiger charge is -2.14. The Kier molecular flexibility index (Phi) is 8.46. The Balaban J connectivity index is 2.23. The summed E-state index contributed by atoms with van der Waals surface area (Å²) in [5, 5.41) is 0. The van der Waals surface area contributed by atoms with Crippen molar-refractivity contribution in [1.82, 2.24) is 0 Å². The highest BCUT2D eigenvalue weighted by molar-refractivity contribution is 6.29. The first-order valence-corrected chi connectivity index (χ1v) is 8.56. The van der Waals surface area contributed by atoms with Gasteiger partial charge in [0, 0.05) is 19.8 Å². The Morgan fingerprint density at radius 3 is 2.89 bits per heavy atom. The minimum absolute atomic E-state index is 0.471. The fourth-order valence-corrected chi connectivity index (χ4v) is 3.03. The highest BCUT2D eigenvalue weighted by Gasteiger charge is 2.07. The smallest absolute Gasteiger partial charge is 0.166 e. The van der Waals surface area contributed by atoms with Crippen LogP contribution < -0.4 is 0 Å². The quantitative estimate of drug-likeness (QED) is 0.483. The Morgan fingerprint density at radius 1 is 1.37 bits per heavy atom. The lowest BCUT2D eigenvalue weighted by Crippen LogP contribution is -2.15. The lowest BCUT2D eigenvalue weighted by atomic mass is 10.1. The van der Waals surface area contributed by atoms with Crippen molar-refractivity contribution < 1.29 is 9.16 Å². The van der Waals surface area contributed by atoms with E-state index in [1.807, 2.05) is 13.0 Å². The maximum Gasteiger partial charge on any atom is 0.166 e. The molecule has 19 heavy (non-hydrogen) atoms. The van der Waals surface area contributed by atoms with Crippen LogP contribution in [0.2, 0.25) is 5.54 Å². The van der Waals surface area contributed by atoms with Gasteiger partial charge in [0.15, 0.2) is 9.76 Å². The van der Waals surface area contributed by atoms with Crippen LogP contribution in [0, 0.1) is 0 Å². The van der Waals surface area contributed by atoms with E-state index in [9.17, 15) is 0 Å². The summed E-state index contributed by atoms with van der Waals surface area (Å²) in [6.07, 6.45) is 4.03. The average molecular weight is 278 g/mol. The molecule has 0 saturated heterocycles. The van der Waals surface area contributed by atoms with Gasteiger partial charge in [-0.05, 0) is 30.0 Å². The number of benzene rings is 1. The zero-order chi connectivity index (χ0) is 13.9.